The van der Waals surface area contributed by atoms with Crippen molar-refractivity contribution in [3.05, 3.63) is 77.1 Å². The smallest absolute Gasteiger partial charge is 0.270 e. The second kappa shape index (κ2) is 10.8. The van der Waals surface area contributed by atoms with Gasteiger partial charge >= 0.3 is 0 Å². The van der Waals surface area contributed by atoms with E-state index in [-0.39, 0.29) is 11.8 Å². The van der Waals surface area contributed by atoms with Gasteiger partial charge in [0.25, 0.3) is 11.8 Å². The first-order valence-electron chi connectivity index (χ1n) is 11.4. The highest BCUT2D eigenvalue weighted by atomic mass is 16.2. The Hall–Kier alpha value is -3.34. The average Bonchev–Trinajstić information content (AvgIpc) is 3.16. The summed E-state index contributed by atoms with van der Waals surface area (Å²) in [5, 5.41) is 3.97. The van der Waals surface area contributed by atoms with Crippen LogP contribution in [0.4, 0.5) is 0 Å². The summed E-state index contributed by atoms with van der Waals surface area (Å²) >= 11 is 0. The minimum absolute atomic E-state index is 0.150. The largest absolute Gasteiger partial charge is 0.347 e. The van der Waals surface area contributed by atoms with E-state index in [2.05, 4.69) is 36.7 Å². The molecule has 3 aromatic rings. The molecule has 5 heteroatoms. The van der Waals surface area contributed by atoms with Gasteiger partial charge in [0.05, 0.1) is 0 Å². The Morgan fingerprint density at radius 3 is 2.25 bits per heavy atom. The highest BCUT2D eigenvalue weighted by Crippen LogP contribution is 2.24. The van der Waals surface area contributed by atoms with Gasteiger partial charge in [-0.3, -0.25) is 9.59 Å². The fourth-order valence-corrected chi connectivity index (χ4v) is 3.88. The van der Waals surface area contributed by atoms with Crippen LogP contribution in [-0.4, -0.2) is 34.4 Å². The molecule has 2 aromatic carbocycles. The Morgan fingerprint density at radius 1 is 0.969 bits per heavy atom. The van der Waals surface area contributed by atoms with Crippen LogP contribution < -0.4 is 5.32 Å². The van der Waals surface area contributed by atoms with Crippen molar-refractivity contribution < 1.29 is 9.59 Å². The normalized spacial score (nSPS) is 11.6. The molecule has 1 heterocycles. The molecule has 5 nitrogen and oxygen atoms in total. The Bertz CT molecular complexity index is 1100. The number of carbonyl (C=O) groups is 2. The monoisotopic (exact) mass is 431 g/mol. The van der Waals surface area contributed by atoms with Gasteiger partial charge in [-0.05, 0) is 51.0 Å². The van der Waals surface area contributed by atoms with Crippen molar-refractivity contribution in [1.29, 1.82) is 0 Å². The molecular weight excluding hydrogens is 398 g/mol. The third-order valence-electron chi connectivity index (χ3n) is 5.53. The van der Waals surface area contributed by atoms with E-state index >= 15 is 0 Å². The maximum absolute atomic E-state index is 13.5. The fraction of sp³-hybridized carbons (Fsp3) is 0.333. The summed E-state index contributed by atoms with van der Waals surface area (Å²) in [6.45, 7) is 10.3. The van der Waals surface area contributed by atoms with Gasteiger partial charge in [-0.25, -0.2) is 0 Å². The summed E-state index contributed by atoms with van der Waals surface area (Å²) in [4.78, 5) is 28.3. The predicted octanol–water partition coefficient (Wildman–Crippen LogP) is 5.39. The quantitative estimate of drug-likeness (QED) is 0.462. The average molecular weight is 432 g/mol. The molecule has 0 radical (unpaired) electrons. The molecule has 0 saturated heterocycles. The zero-order valence-electron chi connectivity index (χ0n) is 19.5. The molecule has 0 unspecified atom stereocenters. The number of hydrogen-bond donors (Lipinski definition) is 1. The molecule has 0 aliphatic rings. The minimum Gasteiger partial charge on any atom is -0.347 e. The molecule has 0 atom stereocenters. The van der Waals surface area contributed by atoms with Crippen molar-refractivity contribution in [3.63, 3.8) is 0 Å². The fourth-order valence-electron chi connectivity index (χ4n) is 3.88. The molecule has 3 rings (SSSR count). The number of aromatic nitrogens is 1. The van der Waals surface area contributed by atoms with E-state index in [1.807, 2.05) is 54.4 Å². The number of aryl methyl sites for hydroxylation is 2. The van der Waals surface area contributed by atoms with Gasteiger partial charge in [-0.2, -0.15) is 0 Å². The van der Waals surface area contributed by atoms with Crippen molar-refractivity contribution in [1.82, 2.24) is 14.8 Å². The zero-order chi connectivity index (χ0) is 23.1. The molecule has 1 N–H and O–H groups in total. The third-order valence-corrected chi connectivity index (χ3v) is 5.53. The third kappa shape index (κ3) is 5.28. The van der Waals surface area contributed by atoms with Crippen molar-refractivity contribution in [3.8, 4) is 0 Å². The van der Waals surface area contributed by atoms with Crippen LogP contribution in [0.2, 0.25) is 0 Å². The van der Waals surface area contributed by atoms with Gasteiger partial charge in [0.1, 0.15) is 5.70 Å². The Morgan fingerprint density at radius 2 is 1.62 bits per heavy atom. The zero-order valence-corrected chi connectivity index (χ0v) is 19.5. The topological polar surface area (TPSA) is 54.3 Å². The molecule has 168 valence electrons. The van der Waals surface area contributed by atoms with E-state index in [9.17, 15) is 9.59 Å². The lowest BCUT2D eigenvalue weighted by Gasteiger charge is -2.23. The molecule has 0 bridgehead atoms. The second-order valence-electron chi connectivity index (χ2n) is 8.06. The van der Waals surface area contributed by atoms with Crippen molar-refractivity contribution in [2.75, 3.05) is 13.1 Å². The number of nitrogens with zero attached hydrogens (tertiary/aromatic N) is 2. The summed E-state index contributed by atoms with van der Waals surface area (Å²) < 4.78 is 2.15. The van der Waals surface area contributed by atoms with E-state index in [0.29, 0.717) is 24.4 Å². The van der Waals surface area contributed by atoms with Crippen molar-refractivity contribution in [2.45, 2.75) is 47.1 Å². The molecule has 0 saturated carbocycles. The molecule has 0 fully saturated rings. The Labute approximate surface area is 190 Å². The lowest BCUT2D eigenvalue weighted by Crippen LogP contribution is -2.39. The molecule has 2 amide bonds. The highest BCUT2D eigenvalue weighted by molar-refractivity contribution is 6.06. The highest BCUT2D eigenvalue weighted by Gasteiger charge is 2.21. The molecule has 0 aliphatic heterocycles. The summed E-state index contributed by atoms with van der Waals surface area (Å²) in [5.41, 5.74) is 3.94. The van der Waals surface area contributed by atoms with Crippen molar-refractivity contribution in [2.24, 2.45) is 0 Å². The van der Waals surface area contributed by atoms with Crippen molar-refractivity contribution >= 4 is 28.8 Å². The van der Waals surface area contributed by atoms with Crippen LogP contribution in [-0.2, 0) is 11.3 Å². The molecule has 1 aromatic heterocycles. The molecule has 32 heavy (non-hydrogen) atoms. The van der Waals surface area contributed by atoms with Crippen LogP contribution in [0.5, 0.6) is 0 Å². The van der Waals surface area contributed by atoms with Crippen LogP contribution in [0.1, 0.15) is 55.1 Å². The molecular formula is C27H33N3O2. The molecule has 0 aliphatic carbocycles. The first-order valence-corrected chi connectivity index (χ1v) is 11.4. The summed E-state index contributed by atoms with van der Waals surface area (Å²) in [6, 6.07) is 15.5. The van der Waals surface area contributed by atoms with Gasteiger partial charge in [-0.15, -0.1) is 0 Å². The van der Waals surface area contributed by atoms with Crippen LogP contribution in [0.25, 0.3) is 17.0 Å². The number of benzene rings is 2. The molecule has 0 spiro atoms. The maximum Gasteiger partial charge on any atom is 0.270 e. The number of fused-ring (bicyclic) bond motifs is 1. The first kappa shape index (κ1) is 23.3. The van der Waals surface area contributed by atoms with Gasteiger partial charge in [0, 0.05) is 47.9 Å². The summed E-state index contributed by atoms with van der Waals surface area (Å²) in [6.07, 6.45) is 5.58. The van der Waals surface area contributed by atoms with Gasteiger partial charge < -0.3 is 14.8 Å². The number of amides is 2. The minimum atomic E-state index is -0.281. The lowest BCUT2D eigenvalue weighted by atomic mass is 10.1. The van der Waals surface area contributed by atoms with Crippen LogP contribution >= 0.6 is 0 Å². The van der Waals surface area contributed by atoms with E-state index in [1.54, 1.807) is 12.1 Å². The van der Waals surface area contributed by atoms with E-state index in [0.717, 1.165) is 41.4 Å². The van der Waals surface area contributed by atoms with E-state index in [1.165, 1.54) is 0 Å². The maximum atomic E-state index is 13.5. The first-order chi connectivity index (χ1) is 15.5. The lowest BCUT2D eigenvalue weighted by molar-refractivity contribution is -0.127. The van der Waals surface area contributed by atoms with Gasteiger partial charge in [0.15, 0.2) is 0 Å². The standard InChI is InChI=1S/C27H33N3O2/c1-5-16-30(17-6-2)27(32)24(28-26(31)21-14-12-20(4)13-15-21)18-22-19-29(7-3)25-11-9-8-10-23(22)25/h8-15,18-19H,5-7,16-17H2,1-4H3,(H,28,31). The SMILES string of the molecule is CCCN(CCC)C(=O)C(=Cc1cn(CC)c2ccccc12)NC(=O)c1ccc(C)cc1. The van der Waals surface area contributed by atoms with Gasteiger partial charge in [-0.1, -0.05) is 49.7 Å². The van der Waals surface area contributed by atoms with Crippen LogP contribution in [0.15, 0.2) is 60.4 Å². The second-order valence-corrected chi connectivity index (χ2v) is 8.06. The van der Waals surface area contributed by atoms with Crippen LogP contribution in [0, 0.1) is 6.92 Å². The number of carbonyl (C=O) groups excluding carboxylic acids is 2. The number of hydrogen-bond acceptors (Lipinski definition) is 2. The number of rotatable bonds is 9. The predicted molar refractivity (Wildman–Crippen MR) is 131 cm³/mol. The Balaban J connectivity index is 2.04. The number of nitrogens with one attached hydrogen (secondary N) is 1. The van der Waals surface area contributed by atoms with Crippen LogP contribution in [0.3, 0.4) is 0 Å². The Kier molecular flexibility index (Phi) is 7.87. The summed E-state index contributed by atoms with van der Waals surface area (Å²) in [7, 11) is 0. The van der Waals surface area contributed by atoms with E-state index in [4.69, 9.17) is 0 Å². The van der Waals surface area contributed by atoms with E-state index < -0.39 is 0 Å². The number of para-hydroxylation sites is 1. The summed E-state index contributed by atoms with van der Waals surface area (Å²) in [5.74, 6) is -0.431. The van der Waals surface area contributed by atoms with Gasteiger partial charge in [0.2, 0.25) is 0 Å².